The topological polar surface area (TPSA) is 73.8 Å². The predicted octanol–water partition coefficient (Wildman–Crippen LogP) is 2.23. The molecule has 0 unspecified atom stereocenters. The molecule has 1 aliphatic rings. The van der Waals surface area contributed by atoms with Crippen LogP contribution in [0, 0.1) is 23.4 Å². The van der Waals surface area contributed by atoms with Crippen molar-refractivity contribution in [2.24, 2.45) is 5.92 Å². The van der Waals surface area contributed by atoms with E-state index in [4.69, 9.17) is 5.53 Å². The first-order chi connectivity index (χ1) is 11.4. The molecule has 0 spiro atoms. The molecular formula is C16H14F3N3O2. The van der Waals surface area contributed by atoms with Crippen molar-refractivity contribution >= 4 is 24.0 Å². The lowest BCUT2D eigenvalue weighted by Gasteiger charge is -2.29. The maximum Gasteiger partial charge on any atom is 0.323 e. The Bertz CT molecular complexity index is 711. The third kappa shape index (κ3) is 4.17. The first-order valence-electron chi connectivity index (χ1n) is 7.25. The van der Waals surface area contributed by atoms with Crippen molar-refractivity contribution in [3.63, 3.8) is 0 Å². The second kappa shape index (κ2) is 7.70. The molecule has 0 aromatic heterocycles. The Morgan fingerprint density at radius 3 is 2.29 bits per heavy atom. The van der Waals surface area contributed by atoms with Gasteiger partial charge in [0.15, 0.2) is 17.5 Å². The molecule has 8 heteroatoms. The van der Waals surface area contributed by atoms with Crippen molar-refractivity contribution in [2.45, 2.75) is 12.8 Å². The Kier molecular flexibility index (Phi) is 5.65. The van der Waals surface area contributed by atoms with E-state index in [0.717, 1.165) is 24.4 Å². The zero-order valence-electron chi connectivity index (χ0n) is 12.6. The number of carbonyl (C=O) groups excluding carboxylic acids is 2. The van der Waals surface area contributed by atoms with Crippen LogP contribution < -0.4 is 0 Å². The SMILES string of the molecule is [N-]=[N+]=CC(=O)C1CCN(C(=O)/C=C/c2cc(F)c(F)c(F)c2)CC1. The standard InChI is InChI=1S/C16H14F3N3O2/c17-12-7-10(8-13(18)16(12)19)1-2-15(24)22-5-3-11(4-6-22)14(23)9-21-20/h1-2,7-9,11H,3-6H2/b2-1+. The van der Waals surface area contributed by atoms with Gasteiger partial charge in [0, 0.05) is 25.1 Å². The Morgan fingerprint density at radius 1 is 1.17 bits per heavy atom. The summed E-state index contributed by atoms with van der Waals surface area (Å²) in [6.45, 7) is 0.677. The summed E-state index contributed by atoms with van der Waals surface area (Å²) in [7, 11) is 0. The van der Waals surface area contributed by atoms with E-state index in [9.17, 15) is 22.8 Å². The fourth-order valence-electron chi connectivity index (χ4n) is 2.49. The van der Waals surface area contributed by atoms with Gasteiger partial charge in [-0.3, -0.25) is 9.59 Å². The molecule has 5 nitrogen and oxygen atoms in total. The van der Waals surface area contributed by atoms with Crippen molar-refractivity contribution in [3.05, 3.63) is 46.8 Å². The van der Waals surface area contributed by atoms with E-state index in [-0.39, 0.29) is 23.2 Å². The second-order valence-corrected chi connectivity index (χ2v) is 5.38. The summed E-state index contributed by atoms with van der Waals surface area (Å²) in [4.78, 5) is 27.8. The summed E-state index contributed by atoms with van der Waals surface area (Å²) in [6.07, 6.45) is 4.06. The number of ketones is 1. The van der Waals surface area contributed by atoms with Gasteiger partial charge >= 0.3 is 6.21 Å². The molecule has 0 N–H and O–H groups in total. The van der Waals surface area contributed by atoms with Crippen LogP contribution in [0.2, 0.25) is 0 Å². The summed E-state index contributed by atoms with van der Waals surface area (Å²) in [6, 6.07) is 1.59. The van der Waals surface area contributed by atoms with Crippen molar-refractivity contribution in [1.29, 1.82) is 0 Å². The molecule has 1 saturated heterocycles. The molecule has 0 atom stereocenters. The number of benzene rings is 1. The molecule has 1 aromatic carbocycles. The minimum absolute atomic E-state index is 0.0315. The van der Waals surface area contributed by atoms with E-state index in [1.807, 2.05) is 0 Å². The van der Waals surface area contributed by atoms with E-state index in [2.05, 4.69) is 4.79 Å². The van der Waals surface area contributed by atoms with Crippen LogP contribution in [-0.4, -0.2) is 40.7 Å². The number of halogens is 3. The van der Waals surface area contributed by atoms with Crippen LogP contribution in [0.15, 0.2) is 18.2 Å². The first kappa shape index (κ1) is 17.6. The van der Waals surface area contributed by atoms with Crippen LogP contribution in [-0.2, 0) is 9.59 Å². The van der Waals surface area contributed by atoms with E-state index < -0.39 is 17.5 Å². The number of rotatable bonds is 4. The average Bonchev–Trinajstić information content (AvgIpc) is 2.57. The van der Waals surface area contributed by atoms with Crippen LogP contribution in [0.25, 0.3) is 11.6 Å². The molecule has 1 amide bonds. The van der Waals surface area contributed by atoms with Crippen LogP contribution in [0.3, 0.4) is 0 Å². The monoisotopic (exact) mass is 337 g/mol. The van der Waals surface area contributed by atoms with Gasteiger partial charge in [0.2, 0.25) is 11.7 Å². The molecule has 1 fully saturated rings. The molecule has 1 aromatic rings. The van der Waals surface area contributed by atoms with Crippen molar-refractivity contribution < 1.29 is 27.6 Å². The van der Waals surface area contributed by atoms with Crippen LogP contribution in [0.5, 0.6) is 0 Å². The minimum Gasteiger partial charge on any atom is -0.361 e. The number of carbonyl (C=O) groups is 2. The van der Waals surface area contributed by atoms with Crippen molar-refractivity contribution in [3.8, 4) is 0 Å². The molecule has 24 heavy (non-hydrogen) atoms. The maximum atomic E-state index is 13.1. The van der Waals surface area contributed by atoms with Crippen LogP contribution in [0.1, 0.15) is 18.4 Å². The highest BCUT2D eigenvalue weighted by molar-refractivity contribution is 6.26. The number of amides is 1. The highest BCUT2D eigenvalue weighted by Crippen LogP contribution is 2.18. The summed E-state index contributed by atoms with van der Waals surface area (Å²) < 4.78 is 39.0. The smallest absolute Gasteiger partial charge is 0.323 e. The molecule has 2 rings (SSSR count). The highest BCUT2D eigenvalue weighted by atomic mass is 19.2. The third-order valence-electron chi connectivity index (χ3n) is 3.82. The molecular weight excluding hydrogens is 323 g/mol. The fraction of sp³-hybridized carbons (Fsp3) is 0.312. The maximum absolute atomic E-state index is 13.1. The molecule has 0 aliphatic carbocycles. The van der Waals surface area contributed by atoms with Gasteiger partial charge in [0.25, 0.3) is 0 Å². The number of piperidine rings is 1. The largest absolute Gasteiger partial charge is 0.361 e. The van der Waals surface area contributed by atoms with E-state index in [0.29, 0.717) is 25.9 Å². The van der Waals surface area contributed by atoms with Gasteiger partial charge in [-0.1, -0.05) is 0 Å². The summed E-state index contributed by atoms with van der Waals surface area (Å²) in [5.74, 6) is -5.18. The number of nitrogens with zero attached hydrogens (tertiary/aromatic N) is 3. The summed E-state index contributed by atoms with van der Waals surface area (Å²) in [5.41, 5.74) is 8.37. The summed E-state index contributed by atoms with van der Waals surface area (Å²) in [5, 5.41) is 0. The highest BCUT2D eigenvalue weighted by Gasteiger charge is 2.27. The molecule has 0 saturated carbocycles. The lowest BCUT2D eigenvalue weighted by atomic mass is 9.93. The van der Waals surface area contributed by atoms with Gasteiger partial charge in [-0.05, 0) is 36.6 Å². The Hall–Kier alpha value is -2.73. The Morgan fingerprint density at radius 2 is 1.75 bits per heavy atom. The fourth-order valence-corrected chi connectivity index (χ4v) is 2.49. The Labute approximate surface area is 136 Å². The average molecular weight is 337 g/mol. The van der Waals surface area contributed by atoms with Crippen LogP contribution >= 0.6 is 0 Å². The third-order valence-corrected chi connectivity index (χ3v) is 3.82. The van der Waals surface area contributed by atoms with Gasteiger partial charge in [-0.15, -0.1) is 0 Å². The molecule has 0 bridgehead atoms. The summed E-state index contributed by atoms with van der Waals surface area (Å²) >= 11 is 0. The van der Waals surface area contributed by atoms with Crippen molar-refractivity contribution in [1.82, 2.24) is 4.90 Å². The number of hydrogen-bond donors (Lipinski definition) is 0. The van der Waals surface area contributed by atoms with E-state index >= 15 is 0 Å². The van der Waals surface area contributed by atoms with Gasteiger partial charge in [0.05, 0.1) is 0 Å². The zero-order chi connectivity index (χ0) is 17.7. The van der Waals surface area contributed by atoms with E-state index in [1.54, 1.807) is 0 Å². The molecule has 1 heterocycles. The number of Topliss-reactive ketones (excluding diaryl/α,β-unsaturated/α-hetero) is 1. The Balaban J connectivity index is 1.96. The van der Waals surface area contributed by atoms with Crippen LogP contribution in [0.4, 0.5) is 13.2 Å². The van der Waals surface area contributed by atoms with Gasteiger partial charge in [-0.2, -0.15) is 4.79 Å². The normalized spacial score (nSPS) is 15.4. The van der Waals surface area contributed by atoms with Gasteiger partial charge in [0.1, 0.15) is 0 Å². The quantitative estimate of drug-likeness (QED) is 0.278. The molecule has 1 aliphatic heterocycles. The number of likely N-dealkylation sites (tertiary alicyclic amines) is 1. The number of hydrogen-bond acceptors (Lipinski definition) is 2. The predicted molar refractivity (Wildman–Crippen MR) is 79.3 cm³/mol. The molecule has 0 radical (unpaired) electrons. The second-order valence-electron chi connectivity index (χ2n) is 5.38. The lowest BCUT2D eigenvalue weighted by Crippen LogP contribution is -2.39. The first-order valence-corrected chi connectivity index (χ1v) is 7.25. The van der Waals surface area contributed by atoms with Gasteiger partial charge < -0.3 is 10.4 Å². The van der Waals surface area contributed by atoms with E-state index in [1.165, 1.54) is 11.0 Å². The van der Waals surface area contributed by atoms with Crippen molar-refractivity contribution in [2.75, 3.05) is 13.1 Å². The minimum atomic E-state index is -1.56. The zero-order valence-corrected chi connectivity index (χ0v) is 12.6. The lowest BCUT2D eigenvalue weighted by molar-refractivity contribution is -0.129. The molecule has 126 valence electrons. The van der Waals surface area contributed by atoms with Gasteiger partial charge in [-0.25, -0.2) is 13.2 Å².